The molecule has 4 nitrogen and oxygen atoms in total. The highest BCUT2D eigenvalue weighted by molar-refractivity contribution is 5.86. The zero-order chi connectivity index (χ0) is 23.9. The van der Waals surface area contributed by atoms with Crippen LogP contribution in [0.15, 0.2) is 60.7 Å². The molecular formula is C29H40ClNO3. The second-order valence-electron chi connectivity index (χ2n) is 10.7. The van der Waals surface area contributed by atoms with Gasteiger partial charge < -0.3 is 14.7 Å². The van der Waals surface area contributed by atoms with Crippen LogP contribution in [0.2, 0.25) is 0 Å². The molecule has 5 heteroatoms. The molecule has 2 bridgehead atoms. The molecule has 0 radical (unpaired) electrons. The smallest absolute Gasteiger partial charge is 0.347 e. The molecule has 0 spiro atoms. The van der Waals surface area contributed by atoms with Crippen LogP contribution in [0.4, 0.5) is 0 Å². The maximum absolute atomic E-state index is 13.9. The van der Waals surface area contributed by atoms with Crippen molar-refractivity contribution in [2.45, 2.75) is 59.2 Å². The van der Waals surface area contributed by atoms with Crippen LogP contribution >= 0.6 is 12.4 Å². The first-order valence-electron chi connectivity index (χ1n) is 12.5. The van der Waals surface area contributed by atoms with Gasteiger partial charge in [0.15, 0.2) is 0 Å². The van der Waals surface area contributed by atoms with E-state index in [1.807, 2.05) is 36.4 Å². The molecule has 2 aromatic rings. The first kappa shape index (κ1) is 26.7. The Labute approximate surface area is 211 Å². The fraction of sp³-hybridized carbons (Fsp3) is 0.552. The van der Waals surface area contributed by atoms with Crippen LogP contribution in [-0.4, -0.2) is 41.7 Å². The summed E-state index contributed by atoms with van der Waals surface area (Å²) in [6.45, 7) is 14.2. The Hall–Kier alpha value is -1.88. The number of benzene rings is 2. The minimum absolute atomic E-state index is 0. The van der Waals surface area contributed by atoms with Crippen LogP contribution in [0.1, 0.15) is 58.6 Å². The van der Waals surface area contributed by atoms with Crippen LogP contribution in [0.25, 0.3) is 0 Å². The quantitative estimate of drug-likeness (QED) is 0.489. The number of halogens is 1. The molecule has 0 saturated heterocycles. The summed E-state index contributed by atoms with van der Waals surface area (Å²) in [7, 11) is 0. The lowest BCUT2D eigenvalue weighted by Crippen LogP contribution is -2.48. The third kappa shape index (κ3) is 4.08. The topological polar surface area (TPSA) is 49.8 Å². The van der Waals surface area contributed by atoms with Gasteiger partial charge in [0.05, 0.1) is 0 Å². The van der Waals surface area contributed by atoms with E-state index in [1.165, 1.54) is 6.42 Å². The zero-order valence-corrected chi connectivity index (χ0v) is 22.0. The first-order chi connectivity index (χ1) is 15.7. The third-order valence-corrected chi connectivity index (χ3v) is 9.18. The number of hydrogen-bond acceptors (Lipinski definition) is 4. The summed E-state index contributed by atoms with van der Waals surface area (Å²) in [6, 6.07) is 18.4. The minimum atomic E-state index is -1.84. The van der Waals surface area contributed by atoms with Crippen LogP contribution in [-0.2, 0) is 15.1 Å². The molecule has 1 N–H and O–H groups in total. The van der Waals surface area contributed by atoms with E-state index in [0.717, 1.165) is 26.1 Å². The van der Waals surface area contributed by atoms with Crippen molar-refractivity contribution in [1.82, 2.24) is 4.90 Å². The molecule has 2 saturated carbocycles. The van der Waals surface area contributed by atoms with Gasteiger partial charge in [-0.05, 0) is 48.4 Å². The van der Waals surface area contributed by atoms with Gasteiger partial charge in [0.25, 0.3) is 0 Å². The minimum Gasteiger partial charge on any atom is -0.459 e. The maximum atomic E-state index is 13.9. The van der Waals surface area contributed by atoms with Crippen molar-refractivity contribution < 1.29 is 14.6 Å². The lowest BCUT2D eigenvalue weighted by atomic mass is 9.70. The Morgan fingerprint density at radius 3 is 1.97 bits per heavy atom. The van der Waals surface area contributed by atoms with E-state index in [1.54, 1.807) is 24.3 Å². The number of fused-ring (bicyclic) bond motifs is 2. The number of ether oxygens (including phenoxy) is 1. The summed E-state index contributed by atoms with van der Waals surface area (Å²) < 4.78 is 6.44. The number of rotatable bonds is 8. The first-order valence-corrected chi connectivity index (χ1v) is 12.5. The van der Waals surface area contributed by atoms with Crippen molar-refractivity contribution in [2.75, 3.05) is 19.6 Å². The van der Waals surface area contributed by atoms with Gasteiger partial charge in [-0.25, -0.2) is 4.79 Å². The Morgan fingerprint density at radius 1 is 1.00 bits per heavy atom. The van der Waals surface area contributed by atoms with E-state index in [-0.39, 0.29) is 35.3 Å². The number of hydrogen-bond donors (Lipinski definition) is 1. The predicted molar refractivity (Wildman–Crippen MR) is 139 cm³/mol. The van der Waals surface area contributed by atoms with Crippen molar-refractivity contribution >= 4 is 18.4 Å². The Morgan fingerprint density at radius 2 is 1.50 bits per heavy atom. The summed E-state index contributed by atoms with van der Waals surface area (Å²) >= 11 is 0. The normalized spacial score (nSPS) is 27.4. The molecule has 4 atom stereocenters. The average Bonchev–Trinajstić information content (AvgIpc) is 3.16. The summed E-state index contributed by atoms with van der Waals surface area (Å²) in [5.74, 6) is 0.194. The molecular weight excluding hydrogens is 446 g/mol. The lowest BCUT2D eigenvalue weighted by molar-refractivity contribution is -0.179. The van der Waals surface area contributed by atoms with E-state index >= 15 is 0 Å². The van der Waals surface area contributed by atoms with Crippen LogP contribution in [0.3, 0.4) is 0 Å². The van der Waals surface area contributed by atoms with Crippen molar-refractivity contribution in [2.24, 2.45) is 22.7 Å². The van der Waals surface area contributed by atoms with Crippen molar-refractivity contribution in [1.29, 1.82) is 0 Å². The second-order valence-corrected chi connectivity index (χ2v) is 10.7. The fourth-order valence-corrected chi connectivity index (χ4v) is 6.69. The largest absolute Gasteiger partial charge is 0.459 e. The monoisotopic (exact) mass is 485 g/mol. The van der Waals surface area contributed by atoms with Crippen LogP contribution < -0.4 is 0 Å². The van der Waals surface area contributed by atoms with Crippen LogP contribution in [0.5, 0.6) is 0 Å². The Bertz CT molecular complexity index is 920. The van der Waals surface area contributed by atoms with Gasteiger partial charge in [-0.15, -0.1) is 12.4 Å². The molecule has 34 heavy (non-hydrogen) atoms. The maximum Gasteiger partial charge on any atom is 0.347 e. The van der Waals surface area contributed by atoms with E-state index in [0.29, 0.717) is 17.0 Å². The fourth-order valence-electron chi connectivity index (χ4n) is 6.69. The SMILES string of the molecule is CCN(CC)CC1C2CCC(C)(C1OC(=O)C(O)(c1ccccc1)c1ccccc1)C2(C)C.Cl. The molecule has 0 aliphatic heterocycles. The van der Waals surface area contributed by atoms with E-state index in [9.17, 15) is 9.90 Å². The molecule has 2 aromatic carbocycles. The number of nitrogens with zero attached hydrogens (tertiary/aromatic N) is 1. The molecule has 2 aliphatic carbocycles. The molecule has 4 unspecified atom stereocenters. The van der Waals surface area contributed by atoms with Gasteiger partial charge in [-0.2, -0.15) is 0 Å². The highest BCUT2D eigenvalue weighted by Crippen LogP contribution is 2.68. The van der Waals surface area contributed by atoms with Gasteiger partial charge in [0.1, 0.15) is 6.10 Å². The molecule has 2 fully saturated rings. The van der Waals surface area contributed by atoms with Gasteiger partial charge in [0.2, 0.25) is 5.60 Å². The second kappa shape index (κ2) is 10.0. The molecule has 0 aromatic heterocycles. The molecule has 0 amide bonds. The predicted octanol–water partition coefficient (Wildman–Crippen LogP) is 5.67. The third-order valence-electron chi connectivity index (χ3n) is 9.18. The standard InChI is InChI=1S/C29H39NO3.ClH/c1-6-30(7-2)20-23-24-18-19-28(5,27(24,3)4)25(23)33-26(31)29(32,21-14-10-8-11-15-21)22-16-12-9-13-17-22;/h8-17,23-25,32H,6-7,18-20H2,1-5H3;1H. The van der Waals surface area contributed by atoms with E-state index in [4.69, 9.17) is 4.74 Å². The zero-order valence-electron chi connectivity index (χ0n) is 21.2. The number of carbonyl (C=O) groups is 1. The summed E-state index contributed by atoms with van der Waals surface area (Å²) in [5, 5.41) is 11.9. The summed E-state index contributed by atoms with van der Waals surface area (Å²) in [6.07, 6.45) is 2.00. The summed E-state index contributed by atoms with van der Waals surface area (Å²) in [4.78, 5) is 16.4. The molecule has 186 valence electrons. The number of esters is 1. The van der Waals surface area contributed by atoms with Crippen molar-refractivity contribution in [3.05, 3.63) is 71.8 Å². The highest BCUT2D eigenvalue weighted by atomic mass is 35.5. The highest BCUT2D eigenvalue weighted by Gasteiger charge is 2.68. The summed E-state index contributed by atoms with van der Waals surface area (Å²) in [5.41, 5.74) is -0.805. The molecule has 2 aliphatic rings. The van der Waals surface area contributed by atoms with Gasteiger partial charge in [0, 0.05) is 17.9 Å². The van der Waals surface area contributed by atoms with Gasteiger partial charge in [-0.1, -0.05) is 95.3 Å². The Kier molecular flexibility index (Phi) is 7.86. The van der Waals surface area contributed by atoms with Crippen LogP contribution in [0, 0.1) is 22.7 Å². The number of carbonyl (C=O) groups excluding carboxylic acids is 1. The average molecular weight is 486 g/mol. The molecule has 0 heterocycles. The van der Waals surface area contributed by atoms with E-state index < -0.39 is 11.6 Å². The van der Waals surface area contributed by atoms with Crippen molar-refractivity contribution in [3.8, 4) is 0 Å². The molecule has 4 rings (SSSR count). The van der Waals surface area contributed by atoms with Gasteiger partial charge >= 0.3 is 5.97 Å². The van der Waals surface area contributed by atoms with Gasteiger partial charge in [-0.3, -0.25) is 0 Å². The Balaban J connectivity index is 0.00000324. The number of aliphatic hydroxyl groups is 1. The van der Waals surface area contributed by atoms with E-state index in [2.05, 4.69) is 39.5 Å². The lowest BCUT2D eigenvalue weighted by Gasteiger charge is -2.41. The van der Waals surface area contributed by atoms with Crippen molar-refractivity contribution in [3.63, 3.8) is 0 Å².